The van der Waals surface area contributed by atoms with Gasteiger partial charge in [0.2, 0.25) is 5.91 Å². The highest BCUT2D eigenvalue weighted by Crippen LogP contribution is 2.39. The van der Waals surface area contributed by atoms with Crippen LogP contribution >= 0.6 is 0 Å². The van der Waals surface area contributed by atoms with E-state index in [0.717, 1.165) is 11.0 Å². The van der Waals surface area contributed by atoms with Gasteiger partial charge in [0.05, 0.1) is 17.9 Å². The Labute approximate surface area is 125 Å². The van der Waals surface area contributed by atoms with Gasteiger partial charge in [-0.05, 0) is 24.1 Å². The van der Waals surface area contributed by atoms with Gasteiger partial charge in [0.1, 0.15) is 5.82 Å². The average Bonchev–Trinajstić information content (AvgIpc) is 2.84. The highest BCUT2D eigenvalue weighted by molar-refractivity contribution is 6.04. The van der Waals surface area contributed by atoms with E-state index in [9.17, 15) is 18.8 Å². The molecule has 1 saturated heterocycles. The number of hydrogen-bond acceptors (Lipinski definition) is 4. The summed E-state index contributed by atoms with van der Waals surface area (Å²) in [5.41, 5.74) is 6.43. The lowest BCUT2D eigenvalue weighted by molar-refractivity contribution is -0.124. The summed E-state index contributed by atoms with van der Waals surface area (Å²) in [6.07, 6.45) is -1.20. The Hall–Kier alpha value is -2.64. The summed E-state index contributed by atoms with van der Waals surface area (Å²) in [5, 5.41) is 0. The lowest BCUT2D eigenvalue weighted by Crippen LogP contribution is -2.36. The monoisotopic (exact) mass is 307 g/mol. The molecule has 3 rings (SSSR count). The number of fused-ring (bicyclic) bond motifs is 1. The molecule has 0 unspecified atom stereocenters. The standard InChI is InChI=1S/C14H14FN3O4/c1-17-11(19)3-2-7-4-8(15)5-9(12(7)17)18-6-10(13(16)20)22-14(18)21/h4-5,10H,2-3,6H2,1H3,(H2,16,20)/t10-/m1/s1. The number of aryl methyl sites for hydroxylation is 1. The minimum Gasteiger partial charge on any atom is -0.434 e. The van der Waals surface area contributed by atoms with E-state index in [-0.39, 0.29) is 24.6 Å². The maximum atomic E-state index is 13.8. The Morgan fingerprint density at radius 1 is 1.36 bits per heavy atom. The molecule has 2 aliphatic heterocycles. The van der Waals surface area contributed by atoms with E-state index in [1.165, 1.54) is 11.0 Å². The van der Waals surface area contributed by atoms with Crippen molar-refractivity contribution >= 4 is 29.3 Å². The van der Waals surface area contributed by atoms with Crippen LogP contribution in [0, 0.1) is 5.82 Å². The number of amides is 3. The van der Waals surface area contributed by atoms with Crippen molar-refractivity contribution in [3.05, 3.63) is 23.5 Å². The predicted octanol–water partition coefficient (Wildman–Crippen LogP) is 0.545. The van der Waals surface area contributed by atoms with Crippen LogP contribution in [-0.2, 0) is 20.7 Å². The molecule has 8 heteroatoms. The van der Waals surface area contributed by atoms with E-state index in [1.807, 2.05) is 0 Å². The lowest BCUT2D eigenvalue weighted by atomic mass is 9.99. The third kappa shape index (κ3) is 2.16. The number of carbonyl (C=O) groups is 3. The van der Waals surface area contributed by atoms with E-state index in [1.54, 1.807) is 7.05 Å². The summed E-state index contributed by atoms with van der Waals surface area (Å²) >= 11 is 0. The number of cyclic esters (lactones) is 1. The molecular formula is C14H14FN3O4. The van der Waals surface area contributed by atoms with Gasteiger partial charge in [-0.1, -0.05) is 0 Å². The van der Waals surface area contributed by atoms with Gasteiger partial charge in [-0.2, -0.15) is 0 Å². The maximum Gasteiger partial charge on any atom is 0.415 e. The fraction of sp³-hybridized carbons (Fsp3) is 0.357. The van der Waals surface area contributed by atoms with Crippen molar-refractivity contribution in [2.45, 2.75) is 18.9 Å². The van der Waals surface area contributed by atoms with Crippen LogP contribution in [0.3, 0.4) is 0 Å². The molecule has 0 spiro atoms. The van der Waals surface area contributed by atoms with Crippen LogP contribution in [0.5, 0.6) is 0 Å². The first-order valence-electron chi connectivity index (χ1n) is 6.75. The molecule has 0 aliphatic carbocycles. The molecule has 116 valence electrons. The Morgan fingerprint density at radius 3 is 2.73 bits per heavy atom. The number of ether oxygens (including phenoxy) is 1. The Balaban J connectivity index is 2.08. The number of anilines is 2. The summed E-state index contributed by atoms with van der Waals surface area (Å²) < 4.78 is 18.7. The summed E-state index contributed by atoms with van der Waals surface area (Å²) in [5.74, 6) is -1.42. The van der Waals surface area contributed by atoms with E-state index in [0.29, 0.717) is 17.7 Å². The minimum absolute atomic E-state index is 0.105. The van der Waals surface area contributed by atoms with Gasteiger partial charge in [-0.3, -0.25) is 14.5 Å². The van der Waals surface area contributed by atoms with Crippen molar-refractivity contribution < 1.29 is 23.5 Å². The topological polar surface area (TPSA) is 92.9 Å². The van der Waals surface area contributed by atoms with Crippen molar-refractivity contribution in [3.63, 3.8) is 0 Å². The normalized spacial score (nSPS) is 20.9. The van der Waals surface area contributed by atoms with Gasteiger partial charge in [-0.15, -0.1) is 0 Å². The van der Waals surface area contributed by atoms with Crippen LogP contribution in [0.15, 0.2) is 12.1 Å². The van der Waals surface area contributed by atoms with E-state index in [4.69, 9.17) is 10.5 Å². The largest absolute Gasteiger partial charge is 0.434 e. The van der Waals surface area contributed by atoms with Crippen molar-refractivity contribution in [1.29, 1.82) is 0 Å². The summed E-state index contributed by atoms with van der Waals surface area (Å²) in [4.78, 5) is 37.5. The van der Waals surface area contributed by atoms with Gasteiger partial charge >= 0.3 is 6.09 Å². The number of carbonyl (C=O) groups excluding carboxylic acids is 3. The molecule has 22 heavy (non-hydrogen) atoms. The molecular weight excluding hydrogens is 293 g/mol. The van der Waals surface area contributed by atoms with Gasteiger partial charge in [-0.25, -0.2) is 9.18 Å². The number of hydrogen-bond donors (Lipinski definition) is 1. The van der Waals surface area contributed by atoms with Crippen molar-refractivity contribution in [2.24, 2.45) is 5.73 Å². The Morgan fingerprint density at radius 2 is 2.09 bits per heavy atom. The molecule has 0 saturated carbocycles. The average molecular weight is 307 g/mol. The minimum atomic E-state index is -1.09. The summed E-state index contributed by atoms with van der Waals surface area (Å²) in [6, 6.07) is 2.49. The third-order valence-electron chi connectivity index (χ3n) is 3.87. The molecule has 2 heterocycles. The summed E-state index contributed by atoms with van der Waals surface area (Å²) in [6.45, 7) is -0.105. The maximum absolute atomic E-state index is 13.8. The second kappa shape index (κ2) is 4.97. The van der Waals surface area contributed by atoms with Crippen LogP contribution in [0.4, 0.5) is 20.6 Å². The van der Waals surface area contributed by atoms with Gasteiger partial charge < -0.3 is 15.4 Å². The smallest absolute Gasteiger partial charge is 0.415 e. The van der Waals surface area contributed by atoms with Crippen LogP contribution in [0.2, 0.25) is 0 Å². The second-order valence-corrected chi connectivity index (χ2v) is 5.27. The molecule has 2 aliphatic rings. The molecule has 3 amide bonds. The van der Waals surface area contributed by atoms with Crippen LogP contribution in [-0.4, -0.2) is 37.6 Å². The molecule has 1 fully saturated rings. The molecule has 1 atom stereocenters. The van der Waals surface area contributed by atoms with Crippen LogP contribution in [0.25, 0.3) is 0 Å². The number of halogens is 1. The fourth-order valence-corrected chi connectivity index (χ4v) is 2.77. The molecule has 1 aromatic carbocycles. The van der Waals surface area contributed by atoms with E-state index in [2.05, 4.69) is 0 Å². The highest BCUT2D eigenvalue weighted by Gasteiger charge is 2.39. The fourth-order valence-electron chi connectivity index (χ4n) is 2.77. The first-order valence-corrected chi connectivity index (χ1v) is 6.75. The van der Waals surface area contributed by atoms with Crippen molar-refractivity contribution in [1.82, 2.24) is 0 Å². The van der Waals surface area contributed by atoms with E-state index >= 15 is 0 Å². The zero-order valence-electron chi connectivity index (χ0n) is 11.8. The third-order valence-corrected chi connectivity index (χ3v) is 3.87. The molecule has 1 aromatic rings. The molecule has 2 N–H and O–H groups in total. The molecule has 0 bridgehead atoms. The van der Waals surface area contributed by atoms with Crippen LogP contribution in [0.1, 0.15) is 12.0 Å². The highest BCUT2D eigenvalue weighted by atomic mass is 19.1. The lowest BCUT2D eigenvalue weighted by Gasteiger charge is -2.30. The number of rotatable bonds is 2. The van der Waals surface area contributed by atoms with Gasteiger partial charge in [0.15, 0.2) is 6.10 Å². The first kappa shape index (κ1) is 14.3. The second-order valence-electron chi connectivity index (χ2n) is 5.27. The quantitative estimate of drug-likeness (QED) is 0.863. The number of benzene rings is 1. The number of nitrogens with two attached hydrogens (primary N) is 1. The van der Waals surface area contributed by atoms with Crippen LogP contribution < -0.4 is 15.5 Å². The van der Waals surface area contributed by atoms with E-state index < -0.39 is 23.9 Å². The predicted molar refractivity (Wildman–Crippen MR) is 74.9 cm³/mol. The van der Waals surface area contributed by atoms with Crippen molar-refractivity contribution in [2.75, 3.05) is 23.4 Å². The Bertz CT molecular complexity index is 691. The molecule has 0 radical (unpaired) electrons. The number of nitrogens with zero attached hydrogens (tertiary/aromatic N) is 2. The van der Waals surface area contributed by atoms with Gasteiger partial charge in [0, 0.05) is 13.5 Å². The number of primary amides is 1. The molecule has 7 nitrogen and oxygen atoms in total. The summed E-state index contributed by atoms with van der Waals surface area (Å²) in [7, 11) is 1.56. The molecule has 0 aromatic heterocycles. The zero-order chi connectivity index (χ0) is 16.0. The zero-order valence-corrected chi connectivity index (χ0v) is 11.8. The first-order chi connectivity index (χ1) is 10.4. The Kier molecular flexibility index (Phi) is 3.23. The SMILES string of the molecule is CN1C(=O)CCc2cc(F)cc(N3C[C@H](C(N)=O)OC3=O)c21. The van der Waals surface area contributed by atoms with Crippen molar-refractivity contribution in [3.8, 4) is 0 Å². The van der Waals surface area contributed by atoms with Gasteiger partial charge in [0.25, 0.3) is 5.91 Å².